The van der Waals surface area contributed by atoms with E-state index < -0.39 is 0 Å². The van der Waals surface area contributed by atoms with Gasteiger partial charge in [-0.15, -0.1) is 23.5 Å². The van der Waals surface area contributed by atoms with Crippen molar-refractivity contribution in [2.45, 2.75) is 107 Å². The highest BCUT2D eigenvalue weighted by Crippen LogP contribution is 2.44. The summed E-state index contributed by atoms with van der Waals surface area (Å²) < 4.78 is 1.19. The summed E-state index contributed by atoms with van der Waals surface area (Å²) in [4.78, 5) is 0. The third-order valence-corrected chi connectivity index (χ3v) is 8.09. The first kappa shape index (κ1) is 21.8. The number of unbranched alkanes of at least 4 members (excludes halogenated alkanes) is 10. The van der Waals surface area contributed by atoms with E-state index >= 15 is 0 Å². The topological polar surface area (TPSA) is 20.2 Å². The predicted octanol–water partition coefficient (Wildman–Crippen LogP) is 6.96. The van der Waals surface area contributed by atoms with Crippen molar-refractivity contribution >= 4 is 39.3 Å². The number of aliphatic hydroxyl groups excluding tert-OH is 1. The van der Waals surface area contributed by atoms with Gasteiger partial charge in [-0.3, -0.25) is 0 Å². The maximum absolute atomic E-state index is 8.78. The molecule has 0 aromatic carbocycles. The van der Waals surface area contributed by atoms with E-state index in [0.717, 1.165) is 16.9 Å². The van der Waals surface area contributed by atoms with Crippen molar-refractivity contribution in [3.8, 4) is 0 Å². The second-order valence-corrected chi connectivity index (χ2v) is 10.4. The lowest BCUT2D eigenvalue weighted by molar-refractivity contribution is 0.282. The predicted molar refractivity (Wildman–Crippen MR) is 113 cm³/mol. The lowest BCUT2D eigenvalue weighted by atomic mass is 10.0. The van der Waals surface area contributed by atoms with Gasteiger partial charge in [-0.1, -0.05) is 89.8 Å². The van der Waals surface area contributed by atoms with Crippen LogP contribution in [0.3, 0.4) is 0 Å². The highest BCUT2D eigenvalue weighted by atomic mass is 32.2. The molecular weight excluding hydrogens is 340 g/mol. The summed E-state index contributed by atoms with van der Waals surface area (Å²) in [6, 6.07) is 0. The van der Waals surface area contributed by atoms with Crippen LogP contribution in [0.5, 0.6) is 0 Å². The second-order valence-electron chi connectivity index (χ2n) is 6.75. The molecule has 0 amide bonds. The summed E-state index contributed by atoms with van der Waals surface area (Å²) >= 11 is 9.42. The van der Waals surface area contributed by atoms with Gasteiger partial charge in [0.25, 0.3) is 0 Å². The number of hydrogen-bond donors (Lipinski definition) is 1. The number of thiocarbonyl (C=S) groups is 1. The quantitative estimate of drug-likeness (QED) is 0.246. The Labute approximate surface area is 158 Å². The van der Waals surface area contributed by atoms with Crippen LogP contribution in [0.4, 0.5) is 0 Å². The minimum atomic E-state index is 0.355. The standard InChI is InChI=1S/C19H36OS3/c1-2-3-4-5-8-11-14-17-18(23-19(21)22-17)15-12-9-6-7-10-13-16-20/h17-18,20H,2-16H2,1H3/t17-,18-/m1/s1. The van der Waals surface area contributed by atoms with Crippen LogP contribution in [-0.4, -0.2) is 25.7 Å². The maximum atomic E-state index is 8.78. The molecule has 4 heteroatoms. The molecule has 136 valence electrons. The molecule has 2 atom stereocenters. The van der Waals surface area contributed by atoms with E-state index in [-0.39, 0.29) is 0 Å². The summed E-state index contributed by atoms with van der Waals surface area (Å²) in [5.41, 5.74) is 0. The number of thioether (sulfide) groups is 2. The third kappa shape index (κ3) is 11.1. The average molecular weight is 377 g/mol. The molecule has 1 nitrogen and oxygen atoms in total. The van der Waals surface area contributed by atoms with Gasteiger partial charge in [-0.25, -0.2) is 0 Å². The van der Waals surface area contributed by atoms with Crippen LogP contribution in [-0.2, 0) is 0 Å². The van der Waals surface area contributed by atoms with E-state index in [9.17, 15) is 0 Å². The number of hydrogen-bond acceptors (Lipinski definition) is 4. The van der Waals surface area contributed by atoms with E-state index in [1.54, 1.807) is 0 Å². The van der Waals surface area contributed by atoms with Crippen LogP contribution in [0.25, 0.3) is 0 Å². The normalized spacial score (nSPS) is 21.2. The molecule has 1 rings (SSSR count). The molecule has 0 bridgehead atoms. The highest BCUT2D eigenvalue weighted by molar-refractivity contribution is 8.49. The lowest BCUT2D eigenvalue weighted by Crippen LogP contribution is -2.15. The number of rotatable bonds is 15. The zero-order chi connectivity index (χ0) is 16.8. The molecule has 1 heterocycles. The van der Waals surface area contributed by atoms with Crippen LogP contribution in [0.2, 0.25) is 0 Å². The Balaban J connectivity index is 2.06. The average Bonchev–Trinajstić information content (AvgIpc) is 2.90. The fourth-order valence-corrected chi connectivity index (χ4v) is 6.88. The van der Waals surface area contributed by atoms with Crippen molar-refractivity contribution in [3.05, 3.63) is 0 Å². The molecule has 0 aromatic rings. The van der Waals surface area contributed by atoms with E-state index in [1.165, 1.54) is 87.0 Å². The van der Waals surface area contributed by atoms with Gasteiger partial charge >= 0.3 is 0 Å². The van der Waals surface area contributed by atoms with Gasteiger partial charge in [0, 0.05) is 17.1 Å². The summed E-state index contributed by atoms with van der Waals surface area (Å²) in [5.74, 6) is 0. The first-order chi connectivity index (χ1) is 11.3. The zero-order valence-corrected chi connectivity index (χ0v) is 17.4. The van der Waals surface area contributed by atoms with Gasteiger partial charge in [-0.05, 0) is 19.3 Å². The van der Waals surface area contributed by atoms with Crippen molar-refractivity contribution in [2.24, 2.45) is 0 Å². The monoisotopic (exact) mass is 376 g/mol. The Hall–Kier alpha value is 0.750. The molecular formula is C19H36OS3. The summed E-state index contributed by atoms with van der Waals surface area (Å²) in [5, 5.41) is 10.3. The maximum Gasteiger partial charge on any atom is 0.104 e. The van der Waals surface area contributed by atoms with Crippen LogP contribution in [0.15, 0.2) is 0 Å². The Morgan fingerprint density at radius 2 is 1.17 bits per heavy atom. The Bertz CT molecular complexity index is 296. The second kappa shape index (κ2) is 15.0. The molecule has 1 aliphatic heterocycles. The van der Waals surface area contributed by atoms with Gasteiger partial charge in [-0.2, -0.15) is 0 Å². The first-order valence-electron chi connectivity index (χ1n) is 9.76. The van der Waals surface area contributed by atoms with Crippen molar-refractivity contribution in [1.82, 2.24) is 0 Å². The van der Waals surface area contributed by atoms with Crippen LogP contribution in [0.1, 0.15) is 96.8 Å². The zero-order valence-electron chi connectivity index (χ0n) is 14.9. The third-order valence-electron chi connectivity index (χ3n) is 4.65. The minimum Gasteiger partial charge on any atom is -0.396 e. The summed E-state index contributed by atoms with van der Waals surface area (Å²) in [7, 11) is 0. The van der Waals surface area contributed by atoms with Crippen LogP contribution >= 0.6 is 35.7 Å². The molecule has 0 unspecified atom stereocenters. The molecule has 0 aromatic heterocycles. The summed E-state index contributed by atoms with van der Waals surface area (Å²) in [6.45, 7) is 2.64. The fraction of sp³-hybridized carbons (Fsp3) is 0.947. The molecule has 1 saturated heterocycles. The molecule has 0 saturated carbocycles. The smallest absolute Gasteiger partial charge is 0.104 e. The van der Waals surface area contributed by atoms with Gasteiger partial charge < -0.3 is 5.11 Å². The highest BCUT2D eigenvalue weighted by Gasteiger charge is 2.31. The van der Waals surface area contributed by atoms with Crippen molar-refractivity contribution < 1.29 is 5.11 Å². The van der Waals surface area contributed by atoms with Crippen LogP contribution < -0.4 is 0 Å². The minimum absolute atomic E-state index is 0.355. The lowest BCUT2D eigenvalue weighted by Gasteiger charge is -2.17. The fourth-order valence-electron chi connectivity index (χ4n) is 3.21. The van der Waals surface area contributed by atoms with Gasteiger partial charge in [0.05, 0.1) is 0 Å². The molecule has 0 radical (unpaired) electrons. The molecule has 1 fully saturated rings. The first-order valence-corrected chi connectivity index (χ1v) is 11.9. The van der Waals surface area contributed by atoms with Gasteiger partial charge in [0.15, 0.2) is 0 Å². The van der Waals surface area contributed by atoms with Gasteiger partial charge in [0.1, 0.15) is 3.53 Å². The Morgan fingerprint density at radius 1 is 0.739 bits per heavy atom. The molecule has 0 aliphatic carbocycles. The van der Waals surface area contributed by atoms with E-state index in [2.05, 4.69) is 6.92 Å². The SMILES string of the molecule is CCCCCCCC[C@H]1SC(=S)S[C@@H]1CCCCCCCCO. The number of aliphatic hydroxyl groups is 1. The Morgan fingerprint density at radius 3 is 1.65 bits per heavy atom. The van der Waals surface area contributed by atoms with Crippen molar-refractivity contribution in [3.63, 3.8) is 0 Å². The molecule has 1 aliphatic rings. The van der Waals surface area contributed by atoms with E-state index in [1.807, 2.05) is 23.5 Å². The van der Waals surface area contributed by atoms with Crippen LogP contribution in [0, 0.1) is 0 Å². The van der Waals surface area contributed by atoms with E-state index in [0.29, 0.717) is 6.61 Å². The molecule has 0 spiro atoms. The van der Waals surface area contributed by atoms with Crippen molar-refractivity contribution in [2.75, 3.05) is 6.61 Å². The Kier molecular flexibility index (Phi) is 14.3. The molecule has 23 heavy (non-hydrogen) atoms. The van der Waals surface area contributed by atoms with E-state index in [4.69, 9.17) is 17.3 Å². The summed E-state index contributed by atoms with van der Waals surface area (Å²) in [6.07, 6.45) is 18.6. The largest absolute Gasteiger partial charge is 0.396 e. The van der Waals surface area contributed by atoms with Gasteiger partial charge in [0.2, 0.25) is 0 Å². The van der Waals surface area contributed by atoms with Crippen molar-refractivity contribution in [1.29, 1.82) is 0 Å². The molecule has 1 N–H and O–H groups in total.